The van der Waals surface area contributed by atoms with Gasteiger partial charge in [0.1, 0.15) is 6.04 Å². The van der Waals surface area contributed by atoms with Crippen LogP contribution >= 0.6 is 11.6 Å². The van der Waals surface area contributed by atoms with Crippen LogP contribution in [0.1, 0.15) is 47.6 Å². The number of aliphatic hydroxyl groups excluding tert-OH is 1. The number of hydrogen-bond donors (Lipinski definition) is 2. The molecule has 4 rings (SSSR count). The van der Waals surface area contributed by atoms with Crippen molar-refractivity contribution in [3.8, 4) is 0 Å². The highest BCUT2D eigenvalue weighted by Gasteiger charge is 2.40. The fourth-order valence-corrected chi connectivity index (χ4v) is 5.02. The summed E-state index contributed by atoms with van der Waals surface area (Å²) in [5, 5.41) is 13.3. The average Bonchev–Trinajstić information content (AvgIpc) is 3.43. The van der Waals surface area contributed by atoms with Gasteiger partial charge in [-0.1, -0.05) is 25.4 Å². The summed E-state index contributed by atoms with van der Waals surface area (Å²) >= 11 is 6.18. The Labute approximate surface area is 197 Å². The van der Waals surface area contributed by atoms with E-state index >= 15 is 0 Å². The van der Waals surface area contributed by atoms with Crippen LogP contribution in [0.15, 0.2) is 41.0 Å². The van der Waals surface area contributed by atoms with E-state index in [0.717, 1.165) is 6.42 Å². The molecular formula is C24H28ClN3O5. The van der Waals surface area contributed by atoms with Gasteiger partial charge in [0, 0.05) is 31.1 Å². The summed E-state index contributed by atoms with van der Waals surface area (Å²) in [7, 11) is 0. The van der Waals surface area contributed by atoms with E-state index in [4.69, 9.17) is 16.0 Å². The number of anilines is 1. The summed E-state index contributed by atoms with van der Waals surface area (Å²) in [6.45, 7) is 5.54. The van der Waals surface area contributed by atoms with Crippen molar-refractivity contribution in [2.45, 2.75) is 38.8 Å². The average molecular weight is 474 g/mol. The van der Waals surface area contributed by atoms with E-state index in [1.807, 2.05) is 0 Å². The Balaban J connectivity index is 1.55. The third-order valence-electron chi connectivity index (χ3n) is 6.20. The van der Waals surface area contributed by atoms with E-state index in [-0.39, 0.29) is 24.6 Å². The molecule has 2 aliphatic heterocycles. The second kappa shape index (κ2) is 9.57. The molecule has 4 atom stereocenters. The Hall–Kier alpha value is -2.84. The molecule has 2 fully saturated rings. The van der Waals surface area contributed by atoms with Crippen LogP contribution in [0.2, 0.25) is 5.02 Å². The maximum atomic E-state index is 13.3. The molecule has 2 aromatic rings. The Bertz CT molecular complexity index is 1030. The molecule has 0 radical (unpaired) electrons. The monoisotopic (exact) mass is 473 g/mol. The summed E-state index contributed by atoms with van der Waals surface area (Å²) in [6, 6.07) is 6.95. The van der Waals surface area contributed by atoms with Crippen molar-refractivity contribution in [1.29, 1.82) is 0 Å². The van der Waals surface area contributed by atoms with Crippen molar-refractivity contribution < 1.29 is 23.9 Å². The first-order valence-electron chi connectivity index (χ1n) is 11.1. The molecule has 2 N–H and O–H groups in total. The largest absolute Gasteiger partial charge is 0.459 e. The zero-order chi connectivity index (χ0) is 23.7. The van der Waals surface area contributed by atoms with Gasteiger partial charge in [-0.05, 0) is 48.6 Å². The van der Waals surface area contributed by atoms with Gasteiger partial charge in [0.15, 0.2) is 5.76 Å². The highest BCUT2D eigenvalue weighted by Crippen LogP contribution is 2.28. The van der Waals surface area contributed by atoms with Gasteiger partial charge in [0.05, 0.1) is 23.6 Å². The minimum atomic E-state index is -0.897. The number of aliphatic hydroxyl groups is 1. The smallest absolute Gasteiger partial charge is 0.290 e. The molecule has 2 aliphatic rings. The normalized spacial score (nSPS) is 25.2. The highest BCUT2D eigenvalue weighted by molar-refractivity contribution is 6.31. The number of nitrogens with one attached hydrogen (secondary N) is 1. The SMILES string of the molecule is C[C@@H]1C[C@H](C)CN(C(=O)c2cc(Cl)ccc2NC(=O)C2CC(O)CN2C(=O)c2ccco2)C1. The minimum Gasteiger partial charge on any atom is -0.459 e. The number of piperidine rings is 1. The van der Waals surface area contributed by atoms with Gasteiger partial charge >= 0.3 is 0 Å². The molecule has 0 saturated carbocycles. The number of likely N-dealkylation sites (tertiary alicyclic amines) is 2. The van der Waals surface area contributed by atoms with E-state index in [0.29, 0.717) is 41.2 Å². The van der Waals surface area contributed by atoms with Crippen LogP contribution in [0.3, 0.4) is 0 Å². The predicted octanol–water partition coefficient (Wildman–Crippen LogP) is 3.27. The van der Waals surface area contributed by atoms with Crippen molar-refractivity contribution in [2.24, 2.45) is 11.8 Å². The minimum absolute atomic E-state index is 0.0214. The van der Waals surface area contributed by atoms with Gasteiger partial charge in [0.2, 0.25) is 5.91 Å². The fraction of sp³-hybridized carbons (Fsp3) is 0.458. The molecule has 3 heterocycles. The predicted molar refractivity (Wildman–Crippen MR) is 123 cm³/mol. The number of benzene rings is 1. The van der Waals surface area contributed by atoms with E-state index in [2.05, 4.69) is 19.2 Å². The quantitative estimate of drug-likeness (QED) is 0.709. The van der Waals surface area contributed by atoms with Gasteiger partial charge in [-0.2, -0.15) is 0 Å². The van der Waals surface area contributed by atoms with E-state index in [1.54, 1.807) is 29.2 Å². The summed E-state index contributed by atoms with van der Waals surface area (Å²) in [6.07, 6.45) is 1.70. The van der Waals surface area contributed by atoms with Crippen molar-refractivity contribution >= 4 is 35.0 Å². The second-order valence-electron chi connectivity index (χ2n) is 9.18. The van der Waals surface area contributed by atoms with Crippen LogP contribution in [0.5, 0.6) is 0 Å². The molecule has 8 nitrogen and oxygen atoms in total. The zero-order valence-corrected chi connectivity index (χ0v) is 19.4. The van der Waals surface area contributed by atoms with Crippen LogP contribution < -0.4 is 5.32 Å². The van der Waals surface area contributed by atoms with E-state index < -0.39 is 24.0 Å². The van der Waals surface area contributed by atoms with E-state index in [9.17, 15) is 19.5 Å². The molecule has 2 saturated heterocycles. The Morgan fingerprint density at radius 1 is 1.06 bits per heavy atom. The third kappa shape index (κ3) is 5.07. The number of carbonyl (C=O) groups excluding carboxylic acids is 3. The number of nitrogens with zero attached hydrogens (tertiary/aromatic N) is 2. The molecule has 0 aliphatic carbocycles. The van der Waals surface area contributed by atoms with Crippen molar-refractivity contribution in [2.75, 3.05) is 25.0 Å². The molecule has 33 heavy (non-hydrogen) atoms. The van der Waals surface area contributed by atoms with Crippen LogP contribution in [0.25, 0.3) is 0 Å². The lowest BCUT2D eigenvalue weighted by molar-refractivity contribution is -0.119. The number of carbonyl (C=O) groups is 3. The molecular weight excluding hydrogens is 446 g/mol. The van der Waals surface area contributed by atoms with Gasteiger partial charge < -0.3 is 24.6 Å². The topological polar surface area (TPSA) is 103 Å². The molecule has 1 aromatic heterocycles. The molecule has 2 unspecified atom stereocenters. The van der Waals surface area contributed by atoms with E-state index in [1.165, 1.54) is 17.2 Å². The maximum absolute atomic E-state index is 13.3. The molecule has 1 aromatic carbocycles. The summed E-state index contributed by atoms with van der Waals surface area (Å²) in [5.41, 5.74) is 0.631. The Morgan fingerprint density at radius 2 is 1.79 bits per heavy atom. The molecule has 0 bridgehead atoms. The van der Waals surface area contributed by atoms with Crippen molar-refractivity contribution in [3.05, 3.63) is 52.9 Å². The molecule has 0 spiro atoms. The number of rotatable bonds is 4. The number of hydrogen-bond acceptors (Lipinski definition) is 5. The second-order valence-corrected chi connectivity index (χ2v) is 9.61. The first-order valence-corrected chi connectivity index (χ1v) is 11.5. The maximum Gasteiger partial charge on any atom is 0.290 e. The van der Waals surface area contributed by atoms with Gasteiger partial charge in [-0.15, -0.1) is 0 Å². The fourth-order valence-electron chi connectivity index (χ4n) is 4.85. The molecule has 9 heteroatoms. The number of amides is 3. The summed E-state index contributed by atoms with van der Waals surface area (Å²) < 4.78 is 5.17. The number of furan rings is 1. The van der Waals surface area contributed by atoms with Gasteiger partial charge in [-0.3, -0.25) is 14.4 Å². The lowest BCUT2D eigenvalue weighted by atomic mass is 9.91. The van der Waals surface area contributed by atoms with Crippen LogP contribution in [-0.4, -0.2) is 64.4 Å². The number of halogens is 1. The Kier molecular flexibility index (Phi) is 6.76. The summed E-state index contributed by atoms with van der Waals surface area (Å²) in [5.74, 6) is -0.283. The molecule has 176 valence electrons. The lowest BCUT2D eigenvalue weighted by Crippen LogP contribution is -2.44. The third-order valence-corrected chi connectivity index (χ3v) is 6.44. The lowest BCUT2D eigenvalue weighted by Gasteiger charge is -2.35. The van der Waals surface area contributed by atoms with Crippen molar-refractivity contribution in [1.82, 2.24) is 9.80 Å². The van der Waals surface area contributed by atoms with Gasteiger partial charge in [0.25, 0.3) is 11.8 Å². The Morgan fingerprint density at radius 3 is 2.45 bits per heavy atom. The van der Waals surface area contributed by atoms with Crippen LogP contribution in [0.4, 0.5) is 5.69 Å². The van der Waals surface area contributed by atoms with Crippen molar-refractivity contribution in [3.63, 3.8) is 0 Å². The first-order chi connectivity index (χ1) is 15.7. The van der Waals surface area contributed by atoms with Crippen LogP contribution in [-0.2, 0) is 4.79 Å². The first kappa shape index (κ1) is 23.3. The molecule has 3 amide bonds. The highest BCUT2D eigenvalue weighted by atomic mass is 35.5. The van der Waals surface area contributed by atoms with Crippen LogP contribution in [0, 0.1) is 11.8 Å². The summed E-state index contributed by atoms with van der Waals surface area (Å²) in [4.78, 5) is 42.4. The zero-order valence-electron chi connectivity index (χ0n) is 18.7. The van der Waals surface area contributed by atoms with Gasteiger partial charge in [-0.25, -0.2) is 0 Å². The standard InChI is InChI=1S/C24H28ClN3O5/c1-14-8-15(2)12-27(11-14)23(31)18-9-16(25)5-6-19(18)26-22(30)20-10-17(29)13-28(20)24(32)21-4-3-7-33-21/h3-7,9,14-15,17,20,29H,8,10-13H2,1-2H3,(H,26,30)/t14-,15+,17?,20?. The number of β-amino-alcohol motifs (C(OH)–C–C–N with tert-alkyl or cyclic N) is 1.